The molecule has 0 saturated heterocycles. The molecule has 0 heterocycles. The minimum absolute atomic E-state index is 0.132. The van der Waals surface area contributed by atoms with E-state index in [-0.39, 0.29) is 11.3 Å². The number of anilines is 2. The SMILES string of the molecule is COC(=O)/C=C(/Nc1ccc(N(C)C)c(C(N)=O)c1)C(=O)OC. The molecule has 8 heteroatoms. The van der Waals surface area contributed by atoms with Gasteiger partial charge in [-0.05, 0) is 18.2 Å². The number of primary amides is 1. The Morgan fingerprint density at radius 1 is 1.17 bits per heavy atom. The third-order valence-electron chi connectivity index (χ3n) is 2.89. The number of hydrogen-bond acceptors (Lipinski definition) is 7. The summed E-state index contributed by atoms with van der Waals surface area (Å²) in [6, 6.07) is 4.77. The van der Waals surface area contributed by atoms with Gasteiger partial charge in [0, 0.05) is 25.5 Å². The van der Waals surface area contributed by atoms with Crippen molar-refractivity contribution in [3.8, 4) is 0 Å². The highest BCUT2D eigenvalue weighted by atomic mass is 16.5. The molecule has 1 aromatic carbocycles. The van der Waals surface area contributed by atoms with Crippen LogP contribution < -0.4 is 16.0 Å². The Morgan fingerprint density at radius 3 is 2.30 bits per heavy atom. The van der Waals surface area contributed by atoms with Crippen LogP contribution in [-0.2, 0) is 19.1 Å². The number of benzene rings is 1. The summed E-state index contributed by atoms with van der Waals surface area (Å²) in [6.45, 7) is 0. The zero-order chi connectivity index (χ0) is 17.6. The number of carbonyl (C=O) groups excluding carboxylic acids is 3. The number of nitrogens with zero attached hydrogens (tertiary/aromatic N) is 1. The van der Waals surface area contributed by atoms with Gasteiger partial charge >= 0.3 is 11.9 Å². The Morgan fingerprint density at radius 2 is 1.83 bits per heavy atom. The van der Waals surface area contributed by atoms with Crippen molar-refractivity contribution in [2.45, 2.75) is 0 Å². The Labute approximate surface area is 133 Å². The van der Waals surface area contributed by atoms with Crippen LogP contribution in [0.4, 0.5) is 11.4 Å². The molecule has 0 aromatic heterocycles. The number of ether oxygens (including phenoxy) is 2. The molecule has 0 bridgehead atoms. The topological polar surface area (TPSA) is 111 Å². The fraction of sp³-hybridized carbons (Fsp3) is 0.267. The van der Waals surface area contributed by atoms with Crippen LogP contribution in [0.25, 0.3) is 0 Å². The first kappa shape index (κ1) is 18.0. The second kappa shape index (κ2) is 7.83. The van der Waals surface area contributed by atoms with Crippen molar-refractivity contribution in [3.05, 3.63) is 35.5 Å². The first-order valence-corrected chi connectivity index (χ1v) is 6.56. The summed E-state index contributed by atoms with van der Waals surface area (Å²) in [5.41, 5.74) is 6.52. The van der Waals surface area contributed by atoms with Gasteiger partial charge in [0.1, 0.15) is 5.70 Å². The monoisotopic (exact) mass is 321 g/mol. The van der Waals surface area contributed by atoms with Crippen LogP contribution in [0, 0.1) is 0 Å². The van der Waals surface area contributed by atoms with Gasteiger partial charge in [0.05, 0.1) is 25.9 Å². The van der Waals surface area contributed by atoms with E-state index in [0.717, 1.165) is 6.08 Å². The predicted molar refractivity (Wildman–Crippen MR) is 85.0 cm³/mol. The van der Waals surface area contributed by atoms with Gasteiger partial charge in [0.25, 0.3) is 5.91 Å². The fourth-order valence-electron chi connectivity index (χ4n) is 1.79. The van der Waals surface area contributed by atoms with Crippen LogP contribution in [0.3, 0.4) is 0 Å². The molecular weight excluding hydrogens is 302 g/mol. The van der Waals surface area contributed by atoms with Crippen molar-refractivity contribution in [2.24, 2.45) is 5.73 Å². The Kier molecular flexibility index (Phi) is 6.13. The lowest BCUT2D eigenvalue weighted by Gasteiger charge is -2.17. The van der Waals surface area contributed by atoms with E-state index in [2.05, 4.69) is 14.8 Å². The molecule has 1 rings (SSSR count). The molecule has 8 nitrogen and oxygen atoms in total. The van der Waals surface area contributed by atoms with Crippen LogP contribution in [0.2, 0.25) is 0 Å². The number of nitrogens with one attached hydrogen (secondary N) is 1. The summed E-state index contributed by atoms with van der Waals surface area (Å²) in [4.78, 5) is 36.3. The van der Waals surface area contributed by atoms with E-state index < -0.39 is 17.8 Å². The van der Waals surface area contributed by atoms with Gasteiger partial charge in [0.2, 0.25) is 0 Å². The van der Waals surface area contributed by atoms with Crippen LogP contribution in [-0.4, -0.2) is 46.2 Å². The lowest BCUT2D eigenvalue weighted by atomic mass is 10.1. The molecule has 0 aliphatic rings. The molecule has 0 spiro atoms. The normalized spacial score (nSPS) is 10.7. The van der Waals surface area contributed by atoms with Crippen molar-refractivity contribution >= 4 is 29.2 Å². The zero-order valence-corrected chi connectivity index (χ0v) is 13.4. The van der Waals surface area contributed by atoms with Crippen LogP contribution in [0.1, 0.15) is 10.4 Å². The summed E-state index contributed by atoms with van der Waals surface area (Å²) in [7, 11) is 5.90. The number of carbonyl (C=O) groups is 3. The largest absolute Gasteiger partial charge is 0.466 e. The molecule has 3 N–H and O–H groups in total. The molecule has 0 aliphatic carbocycles. The molecule has 1 aromatic rings. The van der Waals surface area contributed by atoms with E-state index in [1.54, 1.807) is 31.1 Å². The molecule has 0 saturated carbocycles. The summed E-state index contributed by atoms with van der Waals surface area (Å²) < 4.78 is 9.07. The Hall–Kier alpha value is -3.03. The quantitative estimate of drug-likeness (QED) is 0.579. The van der Waals surface area contributed by atoms with E-state index in [1.165, 1.54) is 20.3 Å². The van der Waals surface area contributed by atoms with Crippen molar-refractivity contribution in [2.75, 3.05) is 38.5 Å². The molecule has 0 unspecified atom stereocenters. The van der Waals surface area contributed by atoms with Gasteiger partial charge in [-0.15, -0.1) is 0 Å². The first-order valence-electron chi connectivity index (χ1n) is 6.56. The first-order chi connectivity index (χ1) is 10.8. The van der Waals surface area contributed by atoms with Gasteiger partial charge in [-0.1, -0.05) is 0 Å². The van der Waals surface area contributed by atoms with E-state index in [9.17, 15) is 14.4 Å². The van der Waals surface area contributed by atoms with Crippen molar-refractivity contribution in [1.82, 2.24) is 0 Å². The highest BCUT2D eigenvalue weighted by Crippen LogP contribution is 2.23. The van der Waals surface area contributed by atoms with Gasteiger partial charge in [-0.25, -0.2) is 9.59 Å². The lowest BCUT2D eigenvalue weighted by Crippen LogP contribution is -2.20. The van der Waals surface area contributed by atoms with Crippen molar-refractivity contribution in [1.29, 1.82) is 0 Å². The minimum Gasteiger partial charge on any atom is -0.466 e. The maximum Gasteiger partial charge on any atom is 0.354 e. The molecule has 1 amide bonds. The number of nitrogens with two attached hydrogens (primary N) is 1. The van der Waals surface area contributed by atoms with Gasteiger partial charge in [-0.3, -0.25) is 4.79 Å². The third kappa shape index (κ3) is 4.73. The lowest BCUT2D eigenvalue weighted by molar-refractivity contribution is -0.138. The predicted octanol–water partition coefficient (Wildman–Crippen LogP) is 0.493. The Balaban J connectivity index is 3.22. The summed E-state index contributed by atoms with van der Waals surface area (Å²) in [5, 5.41) is 2.72. The summed E-state index contributed by atoms with van der Waals surface area (Å²) in [5.74, 6) is -2.10. The van der Waals surface area contributed by atoms with E-state index in [0.29, 0.717) is 11.4 Å². The Bertz CT molecular complexity index is 653. The second-order valence-electron chi connectivity index (χ2n) is 4.69. The highest BCUT2D eigenvalue weighted by Gasteiger charge is 2.15. The van der Waals surface area contributed by atoms with Gasteiger partial charge in [-0.2, -0.15) is 0 Å². The maximum absolute atomic E-state index is 11.7. The minimum atomic E-state index is -0.757. The molecule has 0 aliphatic heterocycles. The van der Waals surface area contributed by atoms with E-state index >= 15 is 0 Å². The molecular formula is C15H19N3O5. The highest BCUT2D eigenvalue weighted by molar-refractivity contribution is 6.01. The van der Waals surface area contributed by atoms with Gasteiger partial charge < -0.3 is 25.4 Å². The maximum atomic E-state index is 11.7. The summed E-state index contributed by atoms with van der Waals surface area (Å²) in [6.07, 6.45) is 0.954. The molecule has 0 fully saturated rings. The van der Waals surface area contributed by atoms with E-state index in [4.69, 9.17) is 5.73 Å². The summed E-state index contributed by atoms with van der Waals surface area (Å²) >= 11 is 0. The standard InChI is InChI=1S/C15H19N3O5/c1-18(2)12-6-5-9(7-10(12)14(16)20)17-11(15(21)23-4)8-13(19)22-3/h5-8,17H,1-4H3,(H2,16,20)/b11-8+. The molecule has 23 heavy (non-hydrogen) atoms. The number of hydrogen-bond donors (Lipinski definition) is 2. The van der Waals surface area contributed by atoms with Crippen molar-refractivity contribution in [3.63, 3.8) is 0 Å². The molecule has 0 radical (unpaired) electrons. The number of esters is 2. The number of rotatable bonds is 6. The van der Waals surface area contributed by atoms with Crippen LogP contribution >= 0.6 is 0 Å². The average Bonchev–Trinajstić information content (AvgIpc) is 2.52. The van der Waals surface area contributed by atoms with Crippen LogP contribution in [0.5, 0.6) is 0 Å². The zero-order valence-electron chi connectivity index (χ0n) is 13.4. The second-order valence-corrected chi connectivity index (χ2v) is 4.69. The fourth-order valence-corrected chi connectivity index (χ4v) is 1.79. The van der Waals surface area contributed by atoms with Crippen LogP contribution in [0.15, 0.2) is 30.0 Å². The smallest absolute Gasteiger partial charge is 0.354 e. The van der Waals surface area contributed by atoms with Crippen molar-refractivity contribution < 1.29 is 23.9 Å². The molecule has 0 atom stereocenters. The van der Waals surface area contributed by atoms with Gasteiger partial charge in [0.15, 0.2) is 0 Å². The number of methoxy groups -OCH3 is 2. The average molecular weight is 321 g/mol. The number of amides is 1. The van der Waals surface area contributed by atoms with E-state index in [1.807, 2.05) is 0 Å². The third-order valence-corrected chi connectivity index (χ3v) is 2.89. The molecule has 124 valence electrons.